The summed E-state index contributed by atoms with van der Waals surface area (Å²) in [4.78, 5) is 9.09. The van der Waals surface area contributed by atoms with Crippen LogP contribution in [0.5, 0.6) is 0 Å². The fourth-order valence-corrected chi connectivity index (χ4v) is 4.13. The number of anilines is 1. The molecule has 0 spiro atoms. The first-order valence-corrected chi connectivity index (χ1v) is 10.3. The number of allylic oxidation sites excluding steroid dienone is 2. The van der Waals surface area contributed by atoms with Gasteiger partial charge in [-0.15, -0.1) is 0 Å². The van der Waals surface area contributed by atoms with E-state index in [0.717, 1.165) is 74.8 Å². The standard InChI is InChI=1S/C20H27N7S/c21-15-5-2-1-3-7-18(15)26-11-13-27(14-12-26)20(28)25-24-17-8-10-22-16-6-4-9-23-19(16)17/h1,3-6,9,18,22H,2,7-8,10-14,21H2,(H,25,28)/b24-17-. The zero-order chi connectivity index (χ0) is 19.3. The molecule has 1 aromatic rings. The van der Waals surface area contributed by atoms with Crippen LogP contribution in [0.15, 0.2) is 47.4 Å². The first-order valence-electron chi connectivity index (χ1n) is 9.87. The molecular formula is C20H27N7S. The molecule has 0 aromatic carbocycles. The van der Waals surface area contributed by atoms with E-state index in [2.05, 4.69) is 48.9 Å². The maximum absolute atomic E-state index is 6.27. The topological polar surface area (TPSA) is 81.8 Å². The van der Waals surface area contributed by atoms with Crippen LogP contribution in [-0.4, -0.2) is 64.4 Å². The molecule has 8 heteroatoms. The Kier molecular flexibility index (Phi) is 5.87. The van der Waals surface area contributed by atoms with Crippen LogP contribution < -0.4 is 16.5 Å². The quantitative estimate of drug-likeness (QED) is 0.398. The fraction of sp³-hybridized carbons (Fsp3) is 0.450. The highest BCUT2D eigenvalue weighted by Crippen LogP contribution is 2.20. The Labute approximate surface area is 171 Å². The summed E-state index contributed by atoms with van der Waals surface area (Å²) in [6.45, 7) is 4.50. The molecule has 0 saturated carbocycles. The monoisotopic (exact) mass is 397 g/mol. The average Bonchev–Trinajstić information content (AvgIpc) is 2.96. The van der Waals surface area contributed by atoms with Gasteiger partial charge in [-0.3, -0.25) is 15.3 Å². The first-order chi connectivity index (χ1) is 13.7. The van der Waals surface area contributed by atoms with E-state index < -0.39 is 0 Å². The Morgan fingerprint density at radius 2 is 2.14 bits per heavy atom. The molecule has 1 aliphatic carbocycles. The van der Waals surface area contributed by atoms with Crippen molar-refractivity contribution in [3.63, 3.8) is 0 Å². The van der Waals surface area contributed by atoms with Gasteiger partial charge in [0.15, 0.2) is 5.11 Å². The normalized spacial score (nSPS) is 24.1. The molecule has 1 aromatic heterocycles. The largest absolute Gasteiger partial charge is 0.401 e. The number of nitrogens with two attached hydrogens (primary N) is 1. The Balaban J connectivity index is 1.33. The average molecular weight is 398 g/mol. The molecule has 7 nitrogen and oxygen atoms in total. The van der Waals surface area contributed by atoms with E-state index in [1.807, 2.05) is 12.1 Å². The third kappa shape index (κ3) is 4.18. The molecular weight excluding hydrogens is 370 g/mol. The Hall–Kier alpha value is -2.45. The molecule has 28 heavy (non-hydrogen) atoms. The number of rotatable bonds is 2. The van der Waals surface area contributed by atoms with Gasteiger partial charge in [-0.05, 0) is 37.2 Å². The van der Waals surface area contributed by atoms with Gasteiger partial charge in [-0.25, -0.2) is 0 Å². The summed E-state index contributed by atoms with van der Waals surface area (Å²) >= 11 is 5.59. The van der Waals surface area contributed by atoms with Crippen LogP contribution in [0, 0.1) is 0 Å². The molecule has 1 saturated heterocycles. The van der Waals surface area contributed by atoms with E-state index in [4.69, 9.17) is 18.0 Å². The molecule has 1 fully saturated rings. The summed E-state index contributed by atoms with van der Waals surface area (Å²) in [5, 5.41) is 8.58. The summed E-state index contributed by atoms with van der Waals surface area (Å²) in [5.41, 5.74) is 13.2. The van der Waals surface area contributed by atoms with Gasteiger partial charge in [0.05, 0.1) is 17.4 Å². The fourth-order valence-electron chi connectivity index (χ4n) is 3.90. The lowest BCUT2D eigenvalue weighted by Crippen LogP contribution is -2.54. The molecule has 4 rings (SSSR count). The summed E-state index contributed by atoms with van der Waals surface area (Å²) in [5.74, 6) is 0. The number of fused-ring (bicyclic) bond motifs is 1. The maximum Gasteiger partial charge on any atom is 0.189 e. The number of piperazine rings is 1. The number of thiocarbonyl (C=S) groups is 1. The lowest BCUT2D eigenvalue weighted by atomic mass is 10.1. The van der Waals surface area contributed by atoms with Gasteiger partial charge < -0.3 is 16.0 Å². The Morgan fingerprint density at radius 3 is 3.00 bits per heavy atom. The van der Waals surface area contributed by atoms with Crippen molar-refractivity contribution in [3.8, 4) is 0 Å². The summed E-state index contributed by atoms with van der Waals surface area (Å²) in [6, 6.07) is 4.26. The van der Waals surface area contributed by atoms with E-state index in [-0.39, 0.29) is 0 Å². The highest BCUT2D eigenvalue weighted by atomic mass is 32.1. The molecule has 1 atom stereocenters. The number of nitrogens with one attached hydrogen (secondary N) is 2. The van der Waals surface area contributed by atoms with E-state index in [0.29, 0.717) is 11.2 Å². The maximum atomic E-state index is 6.27. The summed E-state index contributed by atoms with van der Waals surface area (Å²) < 4.78 is 0. The molecule has 0 bridgehead atoms. The number of hydrazone groups is 1. The van der Waals surface area contributed by atoms with Crippen molar-refractivity contribution < 1.29 is 0 Å². The number of hydrogen-bond acceptors (Lipinski definition) is 6. The smallest absolute Gasteiger partial charge is 0.189 e. The predicted molar refractivity (Wildman–Crippen MR) is 117 cm³/mol. The predicted octanol–water partition coefficient (Wildman–Crippen LogP) is 1.65. The molecule has 2 aliphatic heterocycles. The van der Waals surface area contributed by atoms with E-state index >= 15 is 0 Å². The third-order valence-corrected chi connectivity index (χ3v) is 5.84. The minimum Gasteiger partial charge on any atom is -0.401 e. The second-order valence-electron chi connectivity index (χ2n) is 7.24. The van der Waals surface area contributed by atoms with Crippen LogP contribution in [0.25, 0.3) is 0 Å². The molecule has 0 amide bonds. The molecule has 148 valence electrons. The minimum absolute atomic E-state index is 0.306. The minimum atomic E-state index is 0.306. The van der Waals surface area contributed by atoms with Crippen molar-refractivity contribution >= 4 is 28.7 Å². The number of nitrogens with zero attached hydrogens (tertiary/aromatic N) is 4. The molecule has 3 heterocycles. The Bertz CT molecular complexity index is 809. The molecule has 0 radical (unpaired) electrons. The van der Waals surface area contributed by atoms with Crippen LogP contribution in [0.4, 0.5) is 5.69 Å². The lowest BCUT2D eigenvalue weighted by Gasteiger charge is -2.39. The summed E-state index contributed by atoms with van der Waals surface area (Å²) in [6.07, 6.45) is 11.1. The van der Waals surface area contributed by atoms with Crippen molar-refractivity contribution in [2.75, 3.05) is 38.0 Å². The van der Waals surface area contributed by atoms with Crippen molar-refractivity contribution in [2.45, 2.75) is 25.3 Å². The van der Waals surface area contributed by atoms with Gasteiger partial charge >= 0.3 is 0 Å². The van der Waals surface area contributed by atoms with Crippen LogP contribution >= 0.6 is 12.2 Å². The van der Waals surface area contributed by atoms with Crippen LogP contribution in [0.3, 0.4) is 0 Å². The highest BCUT2D eigenvalue weighted by molar-refractivity contribution is 7.80. The highest BCUT2D eigenvalue weighted by Gasteiger charge is 2.26. The molecule has 4 N–H and O–H groups in total. The van der Waals surface area contributed by atoms with Crippen LogP contribution in [0.2, 0.25) is 0 Å². The van der Waals surface area contributed by atoms with Crippen molar-refractivity contribution in [3.05, 3.63) is 47.9 Å². The molecule has 3 aliphatic rings. The first kappa shape index (κ1) is 18.9. The van der Waals surface area contributed by atoms with Gasteiger partial charge in [-0.2, -0.15) is 5.10 Å². The van der Waals surface area contributed by atoms with Gasteiger partial charge in [-0.1, -0.05) is 18.2 Å². The SMILES string of the molecule is NC1=CCC=CCC1N1CCN(C(=S)N/N=C2/CCNc3cccnc32)CC1. The number of hydrogen-bond donors (Lipinski definition) is 3. The van der Waals surface area contributed by atoms with Crippen LogP contribution in [0.1, 0.15) is 25.0 Å². The number of pyridine rings is 1. The second kappa shape index (κ2) is 8.70. The summed E-state index contributed by atoms with van der Waals surface area (Å²) in [7, 11) is 0. The van der Waals surface area contributed by atoms with Crippen molar-refractivity contribution in [1.82, 2.24) is 20.2 Å². The third-order valence-electron chi connectivity index (χ3n) is 5.49. The zero-order valence-electron chi connectivity index (χ0n) is 16.0. The van der Waals surface area contributed by atoms with Gasteiger partial charge in [0.25, 0.3) is 0 Å². The van der Waals surface area contributed by atoms with Crippen LogP contribution in [-0.2, 0) is 0 Å². The Morgan fingerprint density at radius 1 is 1.29 bits per heavy atom. The molecule has 1 unspecified atom stereocenters. The van der Waals surface area contributed by atoms with E-state index in [1.165, 1.54) is 0 Å². The van der Waals surface area contributed by atoms with E-state index in [1.54, 1.807) is 6.20 Å². The van der Waals surface area contributed by atoms with E-state index in [9.17, 15) is 0 Å². The van der Waals surface area contributed by atoms with Crippen molar-refractivity contribution in [2.24, 2.45) is 10.8 Å². The lowest BCUT2D eigenvalue weighted by molar-refractivity contribution is 0.147. The van der Waals surface area contributed by atoms with Gasteiger partial charge in [0.2, 0.25) is 0 Å². The zero-order valence-corrected chi connectivity index (χ0v) is 16.8. The van der Waals surface area contributed by atoms with Gasteiger partial charge in [0, 0.05) is 51.0 Å². The number of aromatic nitrogens is 1. The second-order valence-corrected chi connectivity index (χ2v) is 7.62. The van der Waals surface area contributed by atoms with Crippen molar-refractivity contribution in [1.29, 1.82) is 0 Å². The van der Waals surface area contributed by atoms with Gasteiger partial charge in [0.1, 0.15) is 5.69 Å².